The molecule has 7 nitrogen and oxygen atoms in total. The Kier molecular flexibility index (Phi) is 6.66. The van der Waals surface area contributed by atoms with Gasteiger partial charge in [-0.3, -0.25) is 0 Å². The summed E-state index contributed by atoms with van der Waals surface area (Å²) in [6.07, 6.45) is 2.11. The number of rotatable bonds is 9. The van der Waals surface area contributed by atoms with Gasteiger partial charge < -0.3 is 15.8 Å². The molecule has 0 aliphatic rings. The number of hydrogen-bond donors (Lipinski definition) is 2. The first-order chi connectivity index (χ1) is 9.41. The van der Waals surface area contributed by atoms with Gasteiger partial charge in [0.15, 0.2) is 10.7 Å². The molecule has 0 radical (unpaired) electrons. The molecule has 116 valence electrons. The monoisotopic (exact) mass is 322 g/mol. The second-order valence-electron chi connectivity index (χ2n) is 4.41. The summed E-state index contributed by atoms with van der Waals surface area (Å²) in [5, 5.41) is 3.47. The molecule has 1 heterocycles. The van der Waals surface area contributed by atoms with Crippen LogP contribution in [0.4, 0.5) is 10.8 Å². The Balaban J connectivity index is 2.64. The van der Waals surface area contributed by atoms with Crippen LogP contribution in [0.1, 0.15) is 19.8 Å². The van der Waals surface area contributed by atoms with Crippen LogP contribution in [0, 0.1) is 0 Å². The maximum absolute atomic E-state index is 12.2. The smallest absolute Gasteiger partial charge is 0.249 e. The van der Waals surface area contributed by atoms with Gasteiger partial charge in [0.1, 0.15) is 5.00 Å². The standard InChI is InChI=1S/C11H22N4O3S2/c1-4-5-7-18-8-6-13-11-9(10(12)14-19-11)20(16,17)15(2)3/h13H,4-8H2,1-3H3,(H2,12,14). The lowest BCUT2D eigenvalue weighted by Gasteiger charge is -2.13. The lowest BCUT2D eigenvalue weighted by molar-refractivity contribution is 0.141. The summed E-state index contributed by atoms with van der Waals surface area (Å²) in [6.45, 7) is 3.84. The minimum atomic E-state index is -3.59. The number of anilines is 2. The lowest BCUT2D eigenvalue weighted by atomic mass is 10.4. The molecule has 0 saturated heterocycles. The molecule has 0 unspecified atom stereocenters. The van der Waals surface area contributed by atoms with Gasteiger partial charge in [0, 0.05) is 27.2 Å². The number of sulfonamides is 1. The summed E-state index contributed by atoms with van der Waals surface area (Å²) in [7, 11) is -0.669. The highest BCUT2D eigenvalue weighted by molar-refractivity contribution is 7.89. The van der Waals surface area contributed by atoms with Gasteiger partial charge in [0.05, 0.1) is 6.61 Å². The third kappa shape index (κ3) is 4.30. The van der Waals surface area contributed by atoms with E-state index in [0.29, 0.717) is 24.8 Å². The molecule has 20 heavy (non-hydrogen) atoms. The van der Waals surface area contributed by atoms with E-state index in [1.807, 2.05) is 0 Å². The van der Waals surface area contributed by atoms with Crippen molar-refractivity contribution in [3.63, 3.8) is 0 Å². The third-order valence-corrected chi connectivity index (χ3v) is 5.43. The maximum atomic E-state index is 12.2. The second kappa shape index (κ2) is 7.77. The van der Waals surface area contributed by atoms with Crippen LogP contribution in [0.3, 0.4) is 0 Å². The van der Waals surface area contributed by atoms with E-state index in [-0.39, 0.29) is 10.7 Å². The van der Waals surface area contributed by atoms with Crippen LogP contribution < -0.4 is 11.1 Å². The number of hydrogen-bond acceptors (Lipinski definition) is 7. The van der Waals surface area contributed by atoms with E-state index in [2.05, 4.69) is 16.6 Å². The molecule has 0 aromatic carbocycles. The predicted molar refractivity (Wildman–Crippen MR) is 81.6 cm³/mol. The van der Waals surface area contributed by atoms with E-state index in [4.69, 9.17) is 10.5 Å². The van der Waals surface area contributed by atoms with E-state index < -0.39 is 10.0 Å². The molecule has 1 rings (SSSR count). The Morgan fingerprint density at radius 2 is 2.10 bits per heavy atom. The maximum Gasteiger partial charge on any atom is 0.249 e. The quantitative estimate of drug-likeness (QED) is 0.663. The zero-order chi connectivity index (χ0) is 15.2. The van der Waals surface area contributed by atoms with E-state index in [1.165, 1.54) is 14.1 Å². The molecule has 0 atom stereocenters. The van der Waals surface area contributed by atoms with Gasteiger partial charge in [0.2, 0.25) is 10.0 Å². The Morgan fingerprint density at radius 3 is 2.70 bits per heavy atom. The summed E-state index contributed by atoms with van der Waals surface area (Å²) in [5.41, 5.74) is 5.66. The number of unbranched alkanes of at least 4 members (excludes halogenated alkanes) is 1. The van der Waals surface area contributed by atoms with Crippen LogP contribution in [0.25, 0.3) is 0 Å². The van der Waals surface area contributed by atoms with Crippen molar-refractivity contribution in [2.75, 3.05) is 44.9 Å². The highest BCUT2D eigenvalue weighted by Crippen LogP contribution is 2.32. The molecule has 1 aromatic rings. The molecule has 1 aromatic heterocycles. The zero-order valence-electron chi connectivity index (χ0n) is 12.0. The van der Waals surface area contributed by atoms with Crippen LogP contribution in [0.15, 0.2) is 4.90 Å². The normalized spacial score (nSPS) is 12.0. The van der Waals surface area contributed by atoms with Crippen LogP contribution >= 0.6 is 11.5 Å². The average molecular weight is 322 g/mol. The minimum Gasteiger partial charge on any atom is -0.382 e. The fraction of sp³-hybridized carbons (Fsp3) is 0.727. The van der Waals surface area contributed by atoms with Crippen LogP contribution in [0.2, 0.25) is 0 Å². The van der Waals surface area contributed by atoms with E-state index in [0.717, 1.165) is 28.7 Å². The summed E-state index contributed by atoms with van der Waals surface area (Å²) in [6, 6.07) is 0. The van der Waals surface area contributed by atoms with Gasteiger partial charge in [-0.2, -0.15) is 4.37 Å². The highest BCUT2D eigenvalue weighted by atomic mass is 32.2. The largest absolute Gasteiger partial charge is 0.382 e. The Labute approximate surface area is 124 Å². The van der Waals surface area contributed by atoms with Crippen LogP contribution in [0.5, 0.6) is 0 Å². The van der Waals surface area contributed by atoms with Crippen molar-refractivity contribution >= 4 is 32.4 Å². The Hall–Kier alpha value is -0.900. The van der Waals surface area contributed by atoms with Crippen LogP contribution in [-0.4, -0.2) is 51.0 Å². The second-order valence-corrected chi connectivity index (χ2v) is 7.27. The van der Waals surface area contributed by atoms with Gasteiger partial charge >= 0.3 is 0 Å². The summed E-state index contributed by atoms with van der Waals surface area (Å²) in [4.78, 5) is 0.0426. The number of ether oxygens (including phenoxy) is 1. The van der Waals surface area contributed by atoms with Crippen molar-refractivity contribution in [1.29, 1.82) is 0 Å². The zero-order valence-corrected chi connectivity index (χ0v) is 13.7. The summed E-state index contributed by atoms with van der Waals surface area (Å²) in [5.74, 6) is 0.0260. The molecule has 3 N–H and O–H groups in total. The lowest BCUT2D eigenvalue weighted by Crippen LogP contribution is -2.24. The van der Waals surface area contributed by atoms with Crippen molar-refractivity contribution in [1.82, 2.24) is 8.68 Å². The molecule has 0 fully saturated rings. The van der Waals surface area contributed by atoms with Gasteiger partial charge in [-0.05, 0) is 18.0 Å². The van der Waals surface area contributed by atoms with Crippen molar-refractivity contribution in [2.24, 2.45) is 0 Å². The Morgan fingerprint density at radius 1 is 1.40 bits per heavy atom. The minimum absolute atomic E-state index is 0.0260. The molecule has 0 bridgehead atoms. The highest BCUT2D eigenvalue weighted by Gasteiger charge is 2.27. The van der Waals surface area contributed by atoms with Crippen molar-refractivity contribution in [3.05, 3.63) is 0 Å². The molecule has 0 spiro atoms. The van der Waals surface area contributed by atoms with E-state index >= 15 is 0 Å². The van der Waals surface area contributed by atoms with Crippen molar-refractivity contribution in [2.45, 2.75) is 24.7 Å². The SMILES string of the molecule is CCCCOCCNc1snc(N)c1S(=O)(=O)N(C)C. The predicted octanol–water partition coefficient (Wildman–Crippen LogP) is 1.20. The van der Waals surface area contributed by atoms with Crippen molar-refractivity contribution < 1.29 is 13.2 Å². The molecule has 0 aliphatic carbocycles. The average Bonchev–Trinajstić information content (AvgIpc) is 2.75. The molecule has 0 amide bonds. The summed E-state index contributed by atoms with van der Waals surface area (Å²) < 4.78 is 34.7. The molecule has 0 aliphatic heterocycles. The number of nitrogens with one attached hydrogen (secondary N) is 1. The number of nitrogen functional groups attached to an aromatic ring is 1. The molecule has 9 heteroatoms. The summed E-state index contributed by atoms with van der Waals surface area (Å²) >= 11 is 1.04. The third-order valence-electron chi connectivity index (χ3n) is 2.59. The van der Waals surface area contributed by atoms with Gasteiger partial charge in [-0.1, -0.05) is 13.3 Å². The van der Waals surface area contributed by atoms with Crippen molar-refractivity contribution in [3.8, 4) is 0 Å². The first-order valence-corrected chi connectivity index (χ1v) is 8.61. The molecular formula is C11H22N4O3S2. The number of nitrogens with two attached hydrogens (primary N) is 1. The molecule has 0 saturated carbocycles. The topological polar surface area (TPSA) is 97.5 Å². The first-order valence-electron chi connectivity index (χ1n) is 6.40. The van der Waals surface area contributed by atoms with Gasteiger partial charge in [-0.25, -0.2) is 12.7 Å². The first kappa shape index (κ1) is 17.2. The van der Waals surface area contributed by atoms with Crippen LogP contribution in [-0.2, 0) is 14.8 Å². The number of aromatic nitrogens is 1. The van der Waals surface area contributed by atoms with E-state index in [9.17, 15) is 8.42 Å². The number of nitrogens with zero attached hydrogens (tertiary/aromatic N) is 2. The fourth-order valence-electron chi connectivity index (χ4n) is 1.42. The molecular weight excluding hydrogens is 300 g/mol. The van der Waals surface area contributed by atoms with Gasteiger partial charge in [0.25, 0.3) is 0 Å². The fourth-order valence-corrected chi connectivity index (χ4v) is 3.53. The Bertz CT molecular complexity index is 514. The van der Waals surface area contributed by atoms with Gasteiger partial charge in [-0.15, -0.1) is 0 Å². The van der Waals surface area contributed by atoms with E-state index in [1.54, 1.807) is 0 Å².